The van der Waals surface area contributed by atoms with Crippen molar-refractivity contribution in [3.63, 3.8) is 0 Å². The molecule has 1 aromatic rings. The SMILES string of the molecule is CCC(c1cccc(O)c1)C(C)CN1CCCC1. The van der Waals surface area contributed by atoms with Gasteiger partial charge in [-0.1, -0.05) is 26.0 Å². The van der Waals surface area contributed by atoms with Crippen molar-refractivity contribution >= 4 is 0 Å². The molecule has 1 saturated heterocycles. The van der Waals surface area contributed by atoms with E-state index in [2.05, 4.69) is 24.8 Å². The van der Waals surface area contributed by atoms with Crippen LogP contribution < -0.4 is 0 Å². The van der Waals surface area contributed by atoms with Gasteiger partial charge in [-0.25, -0.2) is 0 Å². The Balaban J connectivity index is 2.02. The van der Waals surface area contributed by atoms with E-state index in [1.165, 1.54) is 38.0 Å². The van der Waals surface area contributed by atoms with Crippen LogP contribution in [0.25, 0.3) is 0 Å². The molecule has 1 aromatic carbocycles. The van der Waals surface area contributed by atoms with Gasteiger partial charge in [-0.3, -0.25) is 0 Å². The molecule has 1 heterocycles. The molecule has 18 heavy (non-hydrogen) atoms. The monoisotopic (exact) mass is 247 g/mol. The molecular weight excluding hydrogens is 222 g/mol. The Labute approximate surface area is 111 Å². The maximum Gasteiger partial charge on any atom is 0.115 e. The van der Waals surface area contributed by atoms with Gasteiger partial charge in [-0.2, -0.15) is 0 Å². The van der Waals surface area contributed by atoms with Crippen molar-refractivity contribution in [1.29, 1.82) is 0 Å². The van der Waals surface area contributed by atoms with Gasteiger partial charge >= 0.3 is 0 Å². The Morgan fingerprint density at radius 3 is 2.61 bits per heavy atom. The summed E-state index contributed by atoms with van der Waals surface area (Å²) in [6.45, 7) is 8.31. The minimum absolute atomic E-state index is 0.388. The average Bonchev–Trinajstić information content (AvgIpc) is 2.83. The zero-order valence-electron chi connectivity index (χ0n) is 11.6. The Morgan fingerprint density at radius 1 is 1.28 bits per heavy atom. The second-order valence-corrected chi connectivity index (χ2v) is 5.59. The fourth-order valence-electron chi connectivity index (χ4n) is 3.22. The molecule has 2 unspecified atom stereocenters. The molecule has 0 aromatic heterocycles. The average molecular weight is 247 g/mol. The van der Waals surface area contributed by atoms with Gasteiger partial charge in [0, 0.05) is 6.54 Å². The summed E-state index contributed by atoms with van der Waals surface area (Å²) in [5.41, 5.74) is 1.28. The van der Waals surface area contributed by atoms with Crippen molar-refractivity contribution in [2.45, 2.75) is 39.0 Å². The first-order chi connectivity index (χ1) is 8.70. The number of benzene rings is 1. The van der Waals surface area contributed by atoms with E-state index >= 15 is 0 Å². The van der Waals surface area contributed by atoms with Crippen LogP contribution in [0.2, 0.25) is 0 Å². The van der Waals surface area contributed by atoms with Crippen molar-refractivity contribution in [1.82, 2.24) is 4.90 Å². The van der Waals surface area contributed by atoms with Crippen molar-refractivity contribution < 1.29 is 5.11 Å². The minimum atomic E-state index is 0.388. The van der Waals surface area contributed by atoms with Crippen LogP contribution in [-0.4, -0.2) is 29.6 Å². The van der Waals surface area contributed by atoms with E-state index in [0.717, 1.165) is 6.42 Å². The lowest BCUT2D eigenvalue weighted by Gasteiger charge is -2.27. The number of likely N-dealkylation sites (tertiary alicyclic amines) is 1. The van der Waals surface area contributed by atoms with E-state index in [1.807, 2.05) is 12.1 Å². The van der Waals surface area contributed by atoms with Crippen LogP contribution in [0.4, 0.5) is 0 Å². The van der Waals surface area contributed by atoms with Crippen LogP contribution in [0, 0.1) is 5.92 Å². The summed E-state index contributed by atoms with van der Waals surface area (Å²) in [7, 11) is 0. The van der Waals surface area contributed by atoms with E-state index in [-0.39, 0.29) is 0 Å². The summed E-state index contributed by atoms with van der Waals surface area (Å²) in [5, 5.41) is 9.61. The van der Waals surface area contributed by atoms with Gasteiger partial charge < -0.3 is 10.0 Å². The number of hydrogen-bond acceptors (Lipinski definition) is 2. The zero-order chi connectivity index (χ0) is 13.0. The molecular formula is C16H25NO. The van der Waals surface area contributed by atoms with Crippen LogP contribution in [0.3, 0.4) is 0 Å². The van der Waals surface area contributed by atoms with Gasteiger partial charge in [0.2, 0.25) is 0 Å². The molecule has 2 rings (SSSR count). The van der Waals surface area contributed by atoms with Crippen LogP contribution in [-0.2, 0) is 0 Å². The molecule has 0 spiro atoms. The smallest absolute Gasteiger partial charge is 0.115 e. The molecule has 0 saturated carbocycles. The summed E-state index contributed by atoms with van der Waals surface area (Å²) in [5.74, 6) is 1.59. The molecule has 2 heteroatoms. The fourth-order valence-corrected chi connectivity index (χ4v) is 3.22. The number of nitrogens with zero attached hydrogens (tertiary/aromatic N) is 1. The predicted octanol–water partition coefficient (Wildman–Crippen LogP) is 3.62. The maximum absolute atomic E-state index is 9.61. The van der Waals surface area contributed by atoms with Crippen LogP contribution in [0.1, 0.15) is 44.6 Å². The molecule has 0 bridgehead atoms. The van der Waals surface area contributed by atoms with Gasteiger partial charge in [-0.05, 0) is 61.9 Å². The minimum Gasteiger partial charge on any atom is -0.508 e. The summed E-state index contributed by atoms with van der Waals surface area (Å²) >= 11 is 0. The van der Waals surface area contributed by atoms with E-state index in [9.17, 15) is 5.11 Å². The van der Waals surface area contributed by atoms with Crippen molar-refractivity contribution in [2.75, 3.05) is 19.6 Å². The molecule has 0 amide bonds. The van der Waals surface area contributed by atoms with Crippen molar-refractivity contribution in [3.05, 3.63) is 29.8 Å². The molecule has 0 aliphatic carbocycles. The van der Waals surface area contributed by atoms with Crippen LogP contribution >= 0.6 is 0 Å². The lowest BCUT2D eigenvalue weighted by molar-refractivity contribution is 0.261. The number of hydrogen-bond donors (Lipinski definition) is 1. The molecule has 2 nitrogen and oxygen atoms in total. The third-order valence-electron chi connectivity index (χ3n) is 4.17. The van der Waals surface area contributed by atoms with Crippen LogP contribution in [0.5, 0.6) is 5.75 Å². The Morgan fingerprint density at radius 2 is 2.00 bits per heavy atom. The standard InChI is InChI=1S/C16H25NO/c1-3-16(14-7-6-8-15(18)11-14)13(2)12-17-9-4-5-10-17/h6-8,11,13,16,18H,3-5,9-10,12H2,1-2H3. The second-order valence-electron chi connectivity index (χ2n) is 5.59. The number of aromatic hydroxyl groups is 1. The Bertz CT molecular complexity index is 371. The van der Waals surface area contributed by atoms with E-state index < -0.39 is 0 Å². The third-order valence-corrected chi connectivity index (χ3v) is 4.17. The number of rotatable bonds is 5. The van der Waals surface area contributed by atoms with Crippen molar-refractivity contribution in [2.24, 2.45) is 5.92 Å². The highest BCUT2D eigenvalue weighted by molar-refractivity contribution is 5.30. The highest BCUT2D eigenvalue weighted by Crippen LogP contribution is 2.31. The Kier molecular flexibility index (Phi) is 4.65. The Hall–Kier alpha value is -1.02. The van der Waals surface area contributed by atoms with Crippen molar-refractivity contribution in [3.8, 4) is 5.75 Å². The summed E-state index contributed by atoms with van der Waals surface area (Å²) in [6.07, 6.45) is 3.85. The third kappa shape index (κ3) is 3.26. The molecule has 100 valence electrons. The molecule has 0 radical (unpaired) electrons. The first-order valence-electron chi connectivity index (χ1n) is 7.22. The zero-order valence-corrected chi connectivity index (χ0v) is 11.6. The lowest BCUT2D eigenvalue weighted by Crippen LogP contribution is -2.28. The first kappa shape index (κ1) is 13.4. The quantitative estimate of drug-likeness (QED) is 0.859. The summed E-state index contributed by atoms with van der Waals surface area (Å²) in [4.78, 5) is 2.58. The number of phenolic OH excluding ortho intramolecular Hbond substituents is 1. The maximum atomic E-state index is 9.61. The molecule has 1 aliphatic heterocycles. The fraction of sp³-hybridized carbons (Fsp3) is 0.625. The first-order valence-corrected chi connectivity index (χ1v) is 7.22. The predicted molar refractivity (Wildman–Crippen MR) is 76.0 cm³/mol. The second kappa shape index (κ2) is 6.24. The van der Waals surface area contributed by atoms with E-state index in [4.69, 9.17) is 0 Å². The van der Waals surface area contributed by atoms with Gasteiger partial charge in [0.1, 0.15) is 5.75 Å². The van der Waals surface area contributed by atoms with E-state index in [0.29, 0.717) is 17.6 Å². The molecule has 2 atom stereocenters. The summed E-state index contributed by atoms with van der Waals surface area (Å²) in [6, 6.07) is 7.78. The number of phenols is 1. The van der Waals surface area contributed by atoms with Crippen LogP contribution in [0.15, 0.2) is 24.3 Å². The molecule has 1 N–H and O–H groups in total. The van der Waals surface area contributed by atoms with E-state index in [1.54, 1.807) is 6.07 Å². The largest absolute Gasteiger partial charge is 0.508 e. The molecule has 1 fully saturated rings. The van der Waals surface area contributed by atoms with Gasteiger partial charge in [-0.15, -0.1) is 0 Å². The van der Waals surface area contributed by atoms with Gasteiger partial charge in [0.25, 0.3) is 0 Å². The summed E-state index contributed by atoms with van der Waals surface area (Å²) < 4.78 is 0. The molecule has 1 aliphatic rings. The van der Waals surface area contributed by atoms with Gasteiger partial charge in [0.15, 0.2) is 0 Å². The topological polar surface area (TPSA) is 23.5 Å². The normalized spacial score (nSPS) is 19.9. The highest BCUT2D eigenvalue weighted by Gasteiger charge is 2.22. The van der Waals surface area contributed by atoms with Gasteiger partial charge in [0.05, 0.1) is 0 Å². The lowest BCUT2D eigenvalue weighted by atomic mass is 9.85. The highest BCUT2D eigenvalue weighted by atomic mass is 16.3.